The third-order valence-electron chi connectivity index (χ3n) is 1.83. The highest BCUT2D eigenvalue weighted by Gasteiger charge is 2.03. The first-order valence-electron chi connectivity index (χ1n) is 4.06. The molecule has 0 aromatic carbocycles. The van der Waals surface area contributed by atoms with Crippen molar-refractivity contribution in [2.45, 2.75) is 0 Å². The van der Waals surface area contributed by atoms with Crippen molar-refractivity contribution < 1.29 is 0 Å². The minimum Gasteiger partial charge on any atom is -0.321 e. The van der Waals surface area contributed by atoms with Crippen molar-refractivity contribution in [2.75, 3.05) is 11.9 Å². The summed E-state index contributed by atoms with van der Waals surface area (Å²) in [5.41, 5.74) is 0. The van der Waals surface area contributed by atoms with Gasteiger partial charge in [-0.25, -0.2) is 4.98 Å². The molecule has 0 unspecified atom stereocenters. The Hall–Kier alpha value is -1.35. The molecule has 0 fully saturated rings. The molecule has 0 radical (unpaired) electrons. The average Bonchev–Trinajstić information content (AvgIpc) is 2.71. The van der Waals surface area contributed by atoms with E-state index in [1.54, 1.807) is 17.5 Å². The van der Waals surface area contributed by atoms with Crippen molar-refractivity contribution in [2.24, 2.45) is 0 Å². The predicted octanol–water partition coefficient (Wildman–Crippen LogP) is 2.91. The van der Waals surface area contributed by atoms with E-state index in [0.29, 0.717) is 0 Å². The van der Waals surface area contributed by atoms with E-state index in [4.69, 9.17) is 0 Å². The standard InChI is InChI=1S/C10H10N2S/c1-12(10-6-4-8-13-10)9-5-2-3-7-11-9/h2-8H,1H3. The normalized spacial score (nSPS) is 9.92. The quantitative estimate of drug-likeness (QED) is 0.723. The van der Waals surface area contributed by atoms with E-state index in [2.05, 4.69) is 21.3 Å². The summed E-state index contributed by atoms with van der Waals surface area (Å²) in [7, 11) is 2.02. The van der Waals surface area contributed by atoms with Gasteiger partial charge in [0.05, 0.1) is 5.00 Å². The predicted molar refractivity (Wildman–Crippen MR) is 56.6 cm³/mol. The van der Waals surface area contributed by atoms with Crippen LogP contribution in [-0.2, 0) is 0 Å². The van der Waals surface area contributed by atoms with Crippen molar-refractivity contribution in [3.05, 3.63) is 41.9 Å². The van der Waals surface area contributed by atoms with Crippen LogP contribution in [0.2, 0.25) is 0 Å². The third kappa shape index (κ3) is 1.70. The molecule has 0 bridgehead atoms. The first-order valence-corrected chi connectivity index (χ1v) is 4.94. The van der Waals surface area contributed by atoms with E-state index in [0.717, 1.165) is 5.82 Å². The van der Waals surface area contributed by atoms with Crippen molar-refractivity contribution in [3.63, 3.8) is 0 Å². The average molecular weight is 190 g/mol. The van der Waals surface area contributed by atoms with Crippen LogP contribution in [0.4, 0.5) is 10.8 Å². The molecule has 13 heavy (non-hydrogen) atoms. The van der Waals surface area contributed by atoms with Crippen LogP contribution in [0.15, 0.2) is 41.9 Å². The lowest BCUT2D eigenvalue weighted by molar-refractivity contribution is 1.14. The van der Waals surface area contributed by atoms with Gasteiger partial charge in [-0.1, -0.05) is 6.07 Å². The number of pyridine rings is 1. The summed E-state index contributed by atoms with van der Waals surface area (Å²) in [6, 6.07) is 10.0. The Morgan fingerprint density at radius 1 is 1.23 bits per heavy atom. The molecule has 2 nitrogen and oxygen atoms in total. The zero-order valence-corrected chi connectivity index (χ0v) is 8.16. The summed E-state index contributed by atoms with van der Waals surface area (Å²) >= 11 is 1.71. The second-order valence-electron chi connectivity index (χ2n) is 2.70. The lowest BCUT2D eigenvalue weighted by atomic mass is 10.4. The Balaban J connectivity index is 2.29. The SMILES string of the molecule is CN(c1ccccn1)c1cccs1. The summed E-state index contributed by atoms with van der Waals surface area (Å²) in [4.78, 5) is 6.34. The number of rotatable bonds is 2. The highest BCUT2D eigenvalue weighted by atomic mass is 32.1. The molecule has 0 amide bonds. The second kappa shape index (κ2) is 3.58. The minimum absolute atomic E-state index is 0.977. The monoisotopic (exact) mass is 190 g/mol. The van der Waals surface area contributed by atoms with Crippen LogP contribution in [0.5, 0.6) is 0 Å². The van der Waals surface area contributed by atoms with Crippen molar-refractivity contribution >= 4 is 22.2 Å². The van der Waals surface area contributed by atoms with E-state index in [-0.39, 0.29) is 0 Å². The molecule has 0 aliphatic carbocycles. The molecule has 0 saturated heterocycles. The second-order valence-corrected chi connectivity index (χ2v) is 3.62. The van der Waals surface area contributed by atoms with Crippen LogP contribution in [0.3, 0.4) is 0 Å². The minimum atomic E-state index is 0.977. The molecule has 0 saturated carbocycles. The lowest BCUT2D eigenvalue weighted by Crippen LogP contribution is -2.08. The fourth-order valence-electron chi connectivity index (χ4n) is 1.13. The Kier molecular flexibility index (Phi) is 2.27. The highest BCUT2D eigenvalue weighted by Crippen LogP contribution is 2.25. The van der Waals surface area contributed by atoms with Gasteiger partial charge in [0, 0.05) is 13.2 Å². The zero-order valence-electron chi connectivity index (χ0n) is 7.34. The zero-order chi connectivity index (χ0) is 9.10. The lowest BCUT2D eigenvalue weighted by Gasteiger charge is -2.14. The van der Waals surface area contributed by atoms with E-state index >= 15 is 0 Å². The maximum atomic E-state index is 4.27. The number of aromatic nitrogens is 1. The first kappa shape index (κ1) is 8.26. The first-order chi connectivity index (χ1) is 6.38. The van der Waals surface area contributed by atoms with Gasteiger partial charge in [0.2, 0.25) is 0 Å². The van der Waals surface area contributed by atoms with Gasteiger partial charge in [0.25, 0.3) is 0 Å². The Bertz CT molecular complexity index is 356. The summed E-state index contributed by atoms with van der Waals surface area (Å²) in [6.45, 7) is 0. The van der Waals surface area contributed by atoms with Gasteiger partial charge in [-0.2, -0.15) is 0 Å². The van der Waals surface area contributed by atoms with Gasteiger partial charge in [0.15, 0.2) is 0 Å². The molecular weight excluding hydrogens is 180 g/mol. The molecule has 66 valence electrons. The van der Waals surface area contributed by atoms with Crippen LogP contribution in [-0.4, -0.2) is 12.0 Å². The number of hydrogen-bond acceptors (Lipinski definition) is 3. The fourth-order valence-corrected chi connectivity index (χ4v) is 1.83. The fraction of sp³-hybridized carbons (Fsp3) is 0.100. The number of thiophene rings is 1. The molecule has 0 atom stereocenters. The Morgan fingerprint density at radius 3 is 2.77 bits per heavy atom. The van der Waals surface area contributed by atoms with Crippen LogP contribution in [0, 0.1) is 0 Å². The number of anilines is 2. The van der Waals surface area contributed by atoms with E-state index in [9.17, 15) is 0 Å². The van der Waals surface area contributed by atoms with Gasteiger partial charge >= 0.3 is 0 Å². The molecule has 2 aromatic heterocycles. The van der Waals surface area contributed by atoms with Gasteiger partial charge in [-0.15, -0.1) is 11.3 Å². The van der Waals surface area contributed by atoms with Gasteiger partial charge in [-0.3, -0.25) is 0 Å². The molecule has 0 aliphatic heterocycles. The summed E-state index contributed by atoms with van der Waals surface area (Å²) in [5.74, 6) is 0.977. The molecular formula is C10H10N2S. The smallest absolute Gasteiger partial charge is 0.133 e. The van der Waals surface area contributed by atoms with Crippen LogP contribution in [0.1, 0.15) is 0 Å². The van der Waals surface area contributed by atoms with Crippen LogP contribution >= 0.6 is 11.3 Å². The van der Waals surface area contributed by atoms with E-state index in [1.165, 1.54) is 5.00 Å². The van der Waals surface area contributed by atoms with Gasteiger partial charge in [-0.05, 0) is 29.6 Å². The third-order valence-corrected chi connectivity index (χ3v) is 2.77. The Labute approximate surface area is 81.5 Å². The summed E-state index contributed by atoms with van der Waals surface area (Å²) in [6.07, 6.45) is 1.80. The number of nitrogens with zero attached hydrogens (tertiary/aromatic N) is 2. The molecule has 2 heterocycles. The highest BCUT2D eigenvalue weighted by molar-refractivity contribution is 7.14. The van der Waals surface area contributed by atoms with E-state index < -0.39 is 0 Å². The largest absolute Gasteiger partial charge is 0.321 e. The van der Waals surface area contributed by atoms with Crippen LogP contribution in [0.25, 0.3) is 0 Å². The molecule has 0 spiro atoms. The maximum absolute atomic E-state index is 4.27. The van der Waals surface area contributed by atoms with Crippen molar-refractivity contribution in [3.8, 4) is 0 Å². The molecule has 2 aromatic rings. The molecule has 0 aliphatic rings. The van der Waals surface area contributed by atoms with Crippen molar-refractivity contribution in [1.29, 1.82) is 0 Å². The number of hydrogen-bond donors (Lipinski definition) is 0. The van der Waals surface area contributed by atoms with E-state index in [1.807, 2.05) is 31.3 Å². The Morgan fingerprint density at radius 2 is 2.15 bits per heavy atom. The summed E-state index contributed by atoms with van der Waals surface area (Å²) in [5, 5.41) is 3.27. The van der Waals surface area contributed by atoms with Crippen molar-refractivity contribution in [1.82, 2.24) is 4.98 Å². The maximum Gasteiger partial charge on any atom is 0.133 e. The topological polar surface area (TPSA) is 16.1 Å². The molecule has 2 rings (SSSR count). The summed E-state index contributed by atoms with van der Waals surface area (Å²) < 4.78 is 0. The molecule has 3 heteroatoms. The van der Waals surface area contributed by atoms with Gasteiger partial charge < -0.3 is 4.90 Å². The molecule has 0 N–H and O–H groups in total. The van der Waals surface area contributed by atoms with Crippen LogP contribution < -0.4 is 4.90 Å². The van der Waals surface area contributed by atoms with Gasteiger partial charge in [0.1, 0.15) is 5.82 Å².